The summed E-state index contributed by atoms with van der Waals surface area (Å²) >= 11 is 0. The summed E-state index contributed by atoms with van der Waals surface area (Å²) in [7, 11) is 0. The SMILES string of the molecule is CCCN1C=NCC1C. The van der Waals surface area contributed by atoms with Gasteiger partial charge < -0.3 is 4.90 Å². The number of nitrogens with zero attached hydrogens (tertiary/aromatic N) is 2. The van der Waals surface area contributed by atoms with Gasteiger partial charge in [0.1, 0.15) is 0 Å². The Morgan fingerprint density at radius 3 is 3.00 bits per heavy atom. The lowest BCUT2D eigenvalue weighted by Crippen LogP contribution is -2.29. The molecule has 0 amide bonds. The predicted octanol–water partition coefficient (Wildman–Crippen LogP) is 1.13. The Morgan fingerprint density at radius 2 is 2.56 bits per heavy atom. The standard InChI is InChI=1S/C7H14N2/c1-3-4-9-6-8-5-7(9)2/h6-7H,3-5H2,1-2H3. The fourth-order valence-corrected chi connectivity index (χ4v) is 1.06. The molecule has 0 aromatic heterocycles. The summed E-state index contributed by atoms with van der Waals surface area (Å²) in [4.78, 5) is 6.46. The van der Waals surface area contributed by atoms with Gasteiger partial charge >= 0.3 is 0 Å². The fraction of sp³-hybridized carbons (Fsp3) is 0.857. The van der Waals surface area contributed by atoms with Gasteiger partial charge in [0.2, 0.25) is 0 Å². The van der Waals surface area contributed by atoms with Gasteiger partial charge in [-0.2, -0.15) is 0 Å². The second-order valence-corrected chi connectivity index (χ2v) is 2.57. The molecule has 2 nitrogen and oxygen atoms in total. The highest BCUT2D eigenvalue weighted by Crippen LogP contribution is 2.03. The molecule has 0 N–H and O–H groups in total. The van der Waals surface area contributed by atoms with Gasteiger partial charge in [0, 0.05) is 12.6 Å². The molecule has 9 heavy (non-hydrogen) atoms. The van der Waals surface area contributed by atoms with Crippen molar-refractivity contribution in [2.24, 2.45) is 4.99 Å². The van der Waals surface area contributed by atoms with Crippen LogP contribution in [0.3, 0.4) is 0 Å². The summed E-state index contributed by atoms with van der Waals surface area (Å²) in [6.45, 7) is 6.55. The van der Waals surface area contributed by atoms with Crippen molar-refractivity contribution in [1.82, 2.24) is 4.90 Å². The average molecular weight is 126 g/mol. The van der Waals surface area contributed by atoms with Crippen molar-refractivity contribution in [2.45, 2.75) is 26.3 Å². The molecule has 1 atom stereocenters. The Bertz CT molecular complexity index is 109. The summed E-state index contributed by atoms with van der Waals surface area (Å²) in [5.74, 6) is 0. The van der Waals surface area contributed by atoms with Crippen molar-refractivity contribution >= 4 is 6.34 Å². The zero-order valence-corrected chi connectivity index (χ0v) is 6.17. The number of rotatable bonds is 2. The van der Waals surface area contributed by atoms with E-state index in [4.69, 9.17) is 0 Å². The van der Waals surface area contributed by atoms with Gasteiger partial charge in [0.15, 0.2) is 0 Å². The smallest absolute Gasteiger partial charge is 0.0853 e. The molecule has 0 aromatic rings. The molecular formula is C7H14N2. The normalized spacial score (nSPS) is 25.6. The molecule has 0 saturated heterocycles. The molecule has 1 aliphatic heterocycles. The predicted molar refractivity (Wildman–Crippen MR) is 39.8 cm³/mol. The van der Waals surface area contributed by atoms with Crippen molar-refractivity contribution in [3.05, 3.63) is 0 Å². The highest BCUT2D eigenvalue weighted by atomic mass is 15.2. The van der Waals surface area contributed by atoms with E-state index < -0.39 is 0 Å². The summed E-state index contributed by atoms with van der Waals surface area (Å²) < 4.78 is 0. The molecule has 1 heterocycles. The van der Waals surface area contributed by atoms with E-state index in [-0.39, 0.29) is 0 Å². The van der Waals surface area contributed by atoms with Crippen LogP contribution in [0.4, 0.5) is 0 Å². The lowest BCUT2D eigenvalue weighted by atomic mass is 10.3. The van der Waals surface area contributed by atoms with Crippen LogP contribution in [-0.4, -0.2) is 30.4 Å². The Morgan fingerprint density at radius 1 is 1.78 bits per heavy atom. The summed E-state index contributed by atoms with van der Waals surface area (Å²) in [6, 6.07) is 0.643. The second kappa shape index (κ2) is 2.85. The highest BCUT2D eigenvalue weighted by Gasteiger charge is 2.12. The minimum Gasteiger partial charge on any atom is -0.358 e. The first kappa shape index (κ1) is 6.59. The lowest BCUT2D eigenvalue weighted by Gasteiger charge is -2.18. The molecule has 0 radical (unpaired) electrons. The van der Waals surface area contributed by atoms with Gasteiger partial charge in [0.05, 0.1) is 12.9 Å². The molecule has 1 unspecified atom stereocenters. The number of hydrogen-bond acceptors (Lipinski definition) is 2. The number of hydrogen-bond donors (Lipinski definition) is 0. The highest BCUT2D eigenvalue weighted by molar-refractivity contribution is 5.57. The third-order valence-electron chi connectivity index (χ3n) is 1.65. The van der Waals surface area contributed by atoms with E-state index in [0.717, 1.165) is 13.1 Å². The van der Waals surface area contributed by atoms with Gasteiger partial charge in [-0.3, -0.25) is 4.99 Å². The zero-order chi connectivity index (χ0) is 6.69. The van der Waals surface area contributed by atoms with Gasteiger partial charge in [-0.1, -0.05) is 6.92 Å². The van der Waals surface area contributed by atoms with Gasteiger partial charge in [-0.15, -0.1) is 0 Å². The van der Waals surface area contributed by atoms with Gasteiger partial charge in [-0.05, 0) is 13.3 Å². The van der Waals surface area contributed by atoms with Crippen molar-refractivity contribution in [1.29, 1.82) is 0 Å². The maximum atomic E-state index is 4.17. The minimum absolute atomic E-state index is 0.643. The third-order valence-corrected chi connectivity index (χ3v) is 1.65. The topological polar surface area (TPSA) is 15.6 Å². The molecule has 1 rings (SSSR count). The molecule has 0 saturated carbocycles. The van der Waals surface area contributed by atoms with E-state index in [9.17, 15) is 0 Å². The van der Waals surface area contributed by atoms with Crippen LogP contribution < -0.4 is 0 Å². The molecule has 0 fully saturated rings. The third kappa shape index (κ3) is 1.44. The molecule has 2 heteroatoms. The van der Waals surface area contributed by atoms with Crippen LogP contribution in [0, 0.1) is 0 Å². The summed E-state index contributed by atoms with van der Waals surface area (Å²) in [5.41, 5.74) is 0. The quantitative estimate of drug-likeness (QED) is 0.541. The van der Waals surface area contributed by atoms with E-state index in [2.05, 4.69) is 23.7 Å². The first-order chi connectivity index (χ1) is 4.34. The molecule has 1 aliphatic rings. The van der Waals surface area contributed by atoms with Crippen LogP contribution in [0.1, 0.15) is 20.3 Å². The maximum Gasteiger partial charge on any atom is 0.0853 e. The van der Waals surface area contributed by atoms with Crippen LogP contribution >= 0.6 is 0 Å². The first-order valence-corrected chi connectivity index (χ1v) is 3.60. The van der Waals surface area contributed by atoms with Crippen molar-refractivity contribution in [2.75, 3.05) is 13.1 Å². The van der Waals surface area contributed by atoms with Crippen LogP contribution in [-0.2, 0) is 0 Å². The monoisotopic (exact) mass is 126 g/mol. The largest absolute Gasteiger partial charge is 0.358 e. The lowest BCUT2D eigenvalue weighted by molar-refractivity contribution is 0.371. The van der Waals surface area contributed by atoms with Crippen LogP contribution in [0.15, 0.2) is 4.99 Å². The average Bonchev–Trinajstić information content (AvgIpc) is 2.18. The Balaban J connectivity index is 2.31. The minimum atomic E-state index is 0.643. The van der Waals surface area contributed by atoms with Crippen LogP contribution in [0.25, 0.3) is 0 Å². The van der Waals surface area contributed by atoms with Gasteiger partial charge in [0.25, 0.3) is 0 Å². The Kier molecular flexibility index (Phi) is 2.09. The van der Waals surface area contributed by atoms with Gasteiger partial charge in [-0.25, -0.2) is 0 Å². The maximum absolute atomic E-state index is 4.17. The molecule has 0 bridgehead atoms. The molecular weight excluding hydrogens is 112 g/mol. The van der Waals surface area contributed by atoms with E-state index in [1.54, 1.807) is 0 Å². The molecule has 0 aromatic carbocycles. The van der Waals surface area contributed by atoms with Crippen molar-refractivity contribution in [3.8, 4) is 0 Å². The summed E-state index contributed by atoms with van der Waals surface area (Å²) in [6.07, 6.45) is 3.19. The summed E-state index contributed by atoms with van der Waals surface area (Å²) in [5, 5.41) is 0. The van der Waals surface area contributed by atoms with E-state index >= 15 is 0 Å². The first-order valence-electron chi connectivity index (χ1n) is 3.60. The van der Waals surface area contributed by atoms with E-state index in [1.807, 2.05) is 6.34 Å². The zero-order valence-electron chi connectivity index (χ0n) is 6.17. The van der Waals surface area contributed by atoms with Crippen LogP contribution in [0.5, 0.6) is 0 Å². The van der Waals surface area contributed by atoms with E-state index in [1.165, 1.54) is 6.42 Å². The fourth-order valence-electron chi connectivity index (χ4n) is 1.06. The number of aliphatic imine (C=N–C) groups is 1. The van der Waals surface area contributed by atoms with Crippen LogP contribution in [0.2, 0.25) is 0 Å². The van der Waals surface area contributed by atoms with E-state index in [0.29, 0.717) is 6.04 Å². The second-order valence-electron chi connectivity index (χ2n) is 2.57. The van der Waals surface area contributed by atoms with Crippen molar-refractivity contribution < 1.29 is 0 Å². The molecule has 0 aliphatic carbocycles. The molecule has 52 valence electrons. The Labute approximate surface area is 56.6 Å². The van der Waals surface area contributed by atoms with Crippen molar-refractivity contribution in [3.63, 3.8) is 0 Å². The Hall–Kier alpha value is -0.530. The molecule has 0 spiro atoms.